The number of aliphatic carboxylic acids is 1. The minimum Gasteiger partial charge on any atom is -0.481 e. The van der Waals surface area contributed by atoms with Gasteiger partial charge in [0.2, 0.25) is 0 Å². The Morgan fingerprint density at radius 2 is 2.33 bits per heavy atom. The molecule has 15 heavy (non-hydrogen) atoms. The molecule has 0 aliphatic heterocycles. The summed E-state index contributed by atoms with van der Waals surface area (Å²) in [4.78, 5) is 10.4. The number of carbonyl (C=O) groups is 1. The third kappa shape index (κ3) is 3.16. The van der Waals surface area contributed by atoms with Crippen molar-refractivity contribution in [1.82, 2.24) is 9.78 Å². The lowest BCUT2D eigenvalue weighted by Crippen LogP contribution is -2.11. The molecule has 1 aromatic heterocycles. The van der Waals surface area contributed by atoms with Crippen molar-refractivity contribution in [2.24, 2.45) is 5.92 Å². The largest absolute Gasteiger partial charge is 0.481 e. The Morgan fingerprint density at radius 3 is 2.80 bits per heavy atom. The Hall–Kier alpha value is -1.72. The minimum absolute atomic E-state index is 0.104. The van der Waals surface area contributed by atoms with Gasteiger partial charge in [-0.2, -0.15) is 5.10 Å². The molecule has 0 aliphatic rings. The summed E-state index contributed by atoms with van der Waals surface area (Å²) in [6, 6.07) is 0. The van der Waals surface area contributed by atoms with Crippen LogP contribution in [0.15, 0.2) is 6.20 Å². The van der Waals surface area contributed by atoms with E-state index in [1.165, 1.54) is 6.20 Å². The van der Waals surface area contributed by atoms with E-state index in [1.807, 2.05) is 6.92 Å². The topological polar surface area (TPSA) is 107 Å². The van der Waals surface area contributed by atoms with Crippen LogP contribution in [0.25, 0.3) is 0 Å². The van der Waals surface area contributed by atoms with E-state index in [4.69, 9.17) is 16.6 Å². The number of hydrogen-bond acceptors (Lipinski definition) is 4. The second-order valence-electron chi connectivity index (χ2n) is 3.70. The molecule has 5 N–H and O–H groups in total. The molecule has 0 aromatic carbocycles. The van der Waals surface area contributed by atoms with Gasteiger partial charge < -0.3 is 16.6 Å². The fourth-order valence-electron chi connectivity index (χ4n) is 1.33. The van der Waals surface area contributed by atoms with Gasteiger partial charge in [-0.05, 0) is 12.3 Å². The molecule has 0 aliphatic carbocycles. The molecule has 6 heteroatoms. The Balaban J connectivity index is 2.43. The number of nitrogen functional groups attached to an aromatic ring is 2. The van der Waals surface area contributed by atoms with Crippen molar-refractivity contribution in [2.45, 2.75) is 26.3 Å². The molecule has 0 spiro atoms. The second kappa shape index (κ2) is 4.68. The van der Waals surface area contributed by atoms with Gasteiger partial charge in [0.1, 0.15) is 5.82 Å². The molecule has 6 nitrogen and oxygen atoms in total. The number of nitrogens with zero attached hydrogens (tertiary/aromatic N) is 2. The van der Waals surface area contributed by atoms with Crippen LogP contribution < -0.4 is 11.5 Å². The highest BCUT2D eigenvalue weighted by molar-refractivity contribution is 5.66. The molecule has 1 rings (SSSR count). The average Bonchev–Trinajstić information content (AvgIpc) is 2.44. The van der Waals surface area contributed by atoms with Gasteiger partial charge in [-0.1, -0.05) is 6.92 Å². The van der Waals surface area contributed by atoms with E-state index in [2.05, 4.69) is 5.10 Å². The van der Waals surface area contributed by atoms with Crippen LogP contribution in [-0.2, 0) is 11.3 Å². The number of nitrogens with two attached hydrogens (primary N) is 2. The lowest BCUT2D eigenvalue weighted by atomic mass is 10.0. The van der Waals surface area contributed by atoms with E-state index < -0.39 is 5.97 Å². The first-order chi connectivity index (χ1) is 7.00. The Bertz CT molecular complexity index is 348. The number of aryl methyl sites for hydroxylation is 1. The van der Waals surface area contributed by atoms with Crippen LogP contribution in [0.4, 0.5) is 11.5 Å². The maximum atomic E-state index is 10.4. The SMILES string of the molecule is CC(CCn1ncc(N)c1N)CC(=O)O. The highest BCUT2D eigenvalue weighted by Crippen LogP contribution is 2.15. The van der Waals surface area contributed by atoms with Gasteiger partial charge in [0.05, 0.1) is 11.9 Å². The van der Waals surface area contributed by atoms with Crippen LogP contribution in [-0.4, -0.2) is 20.9 Å². The van der Waals surface area contributed by atoms with Gasteiger partial charge in [0.25, 0.3) is 0 Å². The molecule has 0 bridgehead atoms. The normalized spacial score (nSPS) is 12.6. The number of rotatable bonds is 5. The molecule has 0 amide bonds. The molecular formula is C9H16N4O2. The molecular weight excluding hydrogens is 196 g/mol. The summed E-state index contributed by atoms with van der Waals surface area (Å²) >= 11 is 0. The fourth-order valence-corrected chi connectivity index (χ4v) is 1.33. The molecule has 0 saturated carbocycles. The van der Waals surface area contributed by atoms with Crippen molar-refractivity contribution in [3.05, 3.63) is 6.20 Å². The van der Waals surface area contributed by atoms with Crippen LogP contribution in [0, 0.1) is 5.92 Å². The fraction of sp³-hybridized carbons (Fsp3) is 0.556. The minimum atomic E-state index is -0.782. The van der Waals surface area contributed by atoms with E-state index in [0.29, 0.717) is 18.1 Å². The van der Waals surface area contributed by atoms with Crippen LogP contribution in [0.1, 0.15) is 19.8 Å². The van der Waals surface area contributed by atoms with Gasteiger partial charge in [0.15, 0.2) is 0 Å². The monoisotopic (exact) mass is 212 g/mol. The molecule has 0 radical (unpaired) electrons. The highest BCUT2D eigenvalue weighted by Gasteiger charge is 2.09. The average molecular weight is 212 g/mol. The number of carboxylic acids is 1. The number of hydrogen-bond donors (Lipinski definition) is 3. The summed E-state index contributed by atoms with van der Waals surface area (Å²) in [5.74, 6) is -0.236. The van der Waals surface area contributed by atoms with Gasteiger partial charge in [0, 0.05) is 13.0 Å². The predicted octanol–water partition coefficient (Wildman–Crippen LogP) is 0.548. The van der Waals surface area contributed by atoms with Gasteiger partial charge >= 0.3 is 5.97 Å². The van der Waals surface area contributed by atoms with Gasteiger partial charge in [-0.15, -0.1) is 0 Å². The van der Waals surface area contributed by atoms with Gasteiger partial charge in [-0.3, -0.25) is 4.79 Å². The molecule has 0 fully saturated rings. The molecule has 0 saturated heterocycles. The summed E-state index contributed by atoms with van der Waals surface area (Å²) in [6.07, 6.45) is 2.38. The van der Waals surface area contributed by atoms with E-state index >= 15 is 0 Å². The number of carboxylic acid groups (broad SMARTS) is 1. The molecule has 1 atom stereocenters. The first-order valence-corrected chi connectivity index (χ1v) is 4.79. The van der Waals surface area contributed by atoms with E-state index in [9.17, 15) is 4.79 Å². The second-order valence-corrected chi connectivity index (χ2v) is 3.70. The van der Waals surface area contributed by atoms with Gasteiger partial charge in [-0.25, -0.2) is 4.68 Å². The molecule has 1 unspecified atom stereocenters. The first-order valence-electron chi connectivity index (χ1n) is 4.79. The summed E-state index contributed by atoms with van der Waals surface area (Å²) in [5.41, 5.74) is 11.6. The number of anilines is 2. The lowest BCUT2D eigenvalue weighted by molar-refractivity contribution is -0.138. The van der Waals surface area contributed by atoms with Crippen LogP contribution >= 0.6 is 0 Å². The van der Waals surface area contributed by atoms with Crippen molar-refractivity contribution in [3.63, 3.8) is 0 Å². The summed E-state index contributed by atoms with van der Waals surface area (Å²) in [5, 5.41) is 12.6. The number of aromatic nitrogens is 2. The van der Waals surface area contributed by atoms with Crippen LogP contribution in [0.3, 0.4) is 0 Å². The molecule has 84 valence electrons. The van der Waals surface area contributed by atoms with Crippen molar-refractivity contribution >= 4 is 17.5 Å². The van der Waals surface area contributed by atoms with E-state index in [-0.39, 0.29) is 12.3 Å². The van der Waals surface area contributed by atoms with E-state index in [1.54, 1.807) is 4.68 Å². The third-order valence-electron chi connectivity index (χ3n) is 2.27. The van der Waals surface area contributed by atoms with E-state index in [0.717, 1.165) is 6.42 Å². The van der Waals surface area contributed by atoms with Crippen LogP contribution in [0.2, 0.25) is 0 Å². The first kappa shape index (κ1) is 11.4. The maximum Gasteiger partial charge on any atom is 0.303 e. The Kier molecular flexibility index (Phi) is 3.54. The van der Waals surface area contributed by atoms with Crippen molar-refractivity contribution in [1.29, 1.82) is 0 Å². The summed E-state index contributed by atoms with van der Waals surface area (Å²) in [7, 11) is 0. The molecule has 1 aromatic rings. The standard InChI is InChI=1S/C9H16N4O2/c1-6(4-8(14)15)2-3-13-9(11)7(10)5-12-13/h5-6H,2-4,10-11H2,1H3,(H,14,15). The van der Waals surface area contributed by atoms with Crippen molar-refractivity contribution < 1.29 is 9.90 Å². The van der Waals surface area contributed by atoms with Crippen molar-refractivity contribution in [2.75, 3.05) is 11.5 Å². The highest BCUT2D eigenvalue weighted by atomic mass is 16.4. The Morgan fingerprint density at radius 1 is 1.67 bits per heavy atom. The zero-order chi connectivity index (χ0) is 11.4. The van der Waals surface area contributed by atoms with Crippen molar-refractivity contribution in [3.8, 4) is 0 Å². The Labute approximate surface area is 87.9 Å². The third-order valence-corrected chi connectivity index (χ3v) is 2.27. The molecule has 1 heterocycles. The summed E-state index contributed by atoms with van der Waals surface area (Å²) in [6.45, 7) is 2.48. The zero-order valence-electron chi connectivity index (χ0n) is 8.68. The summed E-state index contributed by atoms with van der Waals surface area (Å²) < 4.78 is 1.59. The maximum absolute atomic E-state index is 10.4. The quantitative estimate of drug-likeness (QED) is 0.660. The van der Waals surface area contributed by atoms with Crippen LogP contribution in [0.5, 0.6) is 0 Å². The predicted molar refractivity (Wildman–Crippen MR) is 57.1 cm³/mol. The lowest BCUT2D eigenvalue weighted by Gasteiger charge is -2.09. The smallest absolute Gasteiger partial charge is 0.303 e. The zero-order valence-corrected chi connectivity index (χ0v) is 8.68.